The van der Waals surface area contributed by atoms with Crippen LogP contribution in [0.2, 0.25) is 0 Å². The standard InChI is InChI=1S/C20H34N4O5/c1-4-21-19(28)22-17(26)16-20(2,3)9-10-24(16)18(27)15(12-23(29)13-25)11-14-7-5-6-8-14/h13-16,29H,4-12H2,1-3H3,(H2,21,22,26,28)/t15?,16-/m1/s1. The summed E-state index contributed by atoms with van der Waals surface area (Å²) in [5, 5.41) is 15.1. The molecule has 0 radical (unpaired) electrons. The van der Waals surface area contributed by atoms with Crippen molar-refractivity contribution in [2.75, 3.05) is 19.6 Å². The SMILES string of the molecule is CCNC(=O)NC(=O)[C@H]1N(C(=O)C(CC2CCCC2)CN(O)C=O)CCC1(C)C. The predicted molar refractivity (Wildman–Crippen MR) is 106 cm³/mol. The van der Waals surface area contributed by atoms with Crippen molar-refractivity contribution in [3.63, 3.8) is 0 Å². The normalized spacial score (nSPS) is 22.2. The third-order valence-corrected chi connectivity index (χ3v) is 6.13. The van der Waals surface area contributed by atoms with Crippen LogP contribution in [0, 0.1) is 17.3 Å². The van der Waals surface area contributed by atoms with Crippen molar-refractivity contribution in [3.8, 4) is 0 Å². The molecule has 2 atom stereocenters. The first-order valence-electron chi connectivity index (χ1n) is 10.5. The van der Waals surface area contributed by atoms with Gasteiger partial charge in [0.05, 0.1) is 12.5 Å². The zero-order chi connectivity index (χ0) is 21.6. The van der Waals surface area contributed by atoms with Crippen molar-refractivity contribution < 1.29 is 24.4 Å². The van der Waals surface area contributed by atoms with Gasteiger partial charge in [0.15, 0.2) is 0 Å². The van der Waals surface area contributed by atoms with Crippen LogP contribution in [-0.4, -0.2) is 65.1 Å². The zero-order valence-electron chi connectivity index (χ0n) is 17.6. The van der Waals surface area contributed by atoms with Crippen LogP contribution in [-0.2, 0) is 14.4 Å². The van der Waals surface area contributed by atoms with Crippen LogP contribution in [0.3, 0.4) is 0 Å². The minimum atomic E-state index is -0.785. The maximum atomic E-state index is 13.4. The molecule has 1 saturated heterocycles. The van der Waals surface area contributed by atoms with Gasteiger partial charge in [-0.2, -0.15) is 0 Å². The highest BCUT2D eigenvalue weighted by Crippen LogP contribution is 2.38. The maximum absolute atomic E-state index is 13.4. The Morgan fingerprint density at radius 1 is 1.28 bits per heavy atom. The third-order valence-electron chi connectivity index (χ3n) is 6.13. The molecule has 5 amide bonds. The quantitative estimate of drug-likeness (QED) is 0.318. The molecule has 2 aliphatic rings. The lowest BCUT2D eigenvalue weighted by molar-refractivity contribution is -0.158. The van der Waals surface area contributed by atoms with Gasteiger partial charge >= 0.3 is 6.03 Å². The van der Waals surface area contributed by atoms with Crippen molar-refractivity contribution in [1.29, 1.82) is 0 Å². The molecule has 0 aromatic heterocycles. The first-order chi connectivity index (χ1) is 13.7. The molecule has 9 heteroatoms. The van der Waals surface area contributed by atoms with Crippen LogP contribution < -0.4 is 10.6 Å². The summed E-state index contributed by atoms with van der Waals surface area (Å²) >= 11 is 0. The summed E-state index contributed by atoms with van der Waals surface area (Å²) in [6.07, 6.45) is 5.80. The Hall–Kier alpha value is -2.16. The molecule has 2 fully saturated rings. The molecule has 1 unspecified atom stereocenters. The lowest BCUT2D eigenvalue weighted by atomic mass is 9.83. The number of imide groups is 1. The average molecular weight is 411 g/mol. The summed E-state index contributed by atoms with van der Waals surface area (Å²) in [7, 11) is 0. The highest BCUT2D eigenvalue weighted by atomic mass is 16.5. The molecule has 0 aromatic carbocycles. The number of hydrogen-bond donors (Lipinski definition) is 3. The monoisotopic (exact) mass is 410 g/mol. The highest BCUT2D eigenvalue weighted by molar-refractivity contribution is 5.99. The van der Waals surface area contributed by atoms with Crippen molar-refractivity contribution in [1.82, 2.24) is 20.6 Å². The molecule has 1 aliphatic heterocycles. The molecule has 0 bridgehead atoms. The van der Waals surface area contributed by atoms with Gasteiger partial charge in [0.2, 0.25) is 12.3 Å². The van der Waals surface area contributed by atoms with Crippen molar-refractivity contribution in [3.05, 3.63) is 0 Å². The van der Waals surface area contributed by atoms with Crippen molar-refractivity contribution in [2.45, 2.75) is 65.3 Å². The van der Waals surface area contributed by atoms with E-state index in [0.717, 1.165) is 25.7 Å². The number of amides is 5. The smallest absolute Gasteiger partial charge is 0.321 e. The number of rotatable bonds is 8. The van der Waals surface area contributed by atoms with E-state index in [4.69, 9.17) is 0 Å². The van der Waals surface area contributed by atoms with E-state index in [9.17, 15) is 24.4 Å². The number of carbonyl (C=O) groups excluding carboxylic acids is 4. The lowest BCUT2D eigenvalue weighted by Crippen LogP contribution is -2.55. The fourth-order valence-electron chi connectivity index (χ4n) is 4.62. The van der Waals surface area contributed by atoms with Gasteiger partial charge in [0, 0.05) is 13.1 Å². The molecule has 2 rings (SSSR count). The summed E-state index contributed by atoms with van der Waals surface area (Å²) in [6.45, 7) is 6.24. The summed E-state index contributed by atoms with van der Waals surface area (Å²) < 4.78 is 0. The molecular weight excluding hydrogens is 376 g/mol. The topological polar surface area (TPSA) is 119 Å². The van der Waals surface area contributed by atoms with E-state index in [-0.39, 0.29) is 12.5 Å². The molecule has 1 heterocycles. The molecule has 29 heavy (non-hydrogen) atoms. The van der Waals surface area contributed by atoms with Crippen LogP contribution >= 0.6 is 0 Å². The average Bonchev–Trinajstić information content (AvgIpc) is 3.27. The minimum absolute atomic E-state index is 0.0968. The van der Waals surface area contributed by atoms with Crippen molar-refractivity contribution >= 4 is 24.3 Å². The predicted octanol–water partition coefficient (Wildman–Crippen LogP) is 1.50. The number of likely N-dealkylation sites (tertiary alicyclic amines) is 1. The van der Waals surface area contributed by atoms with E-state index < -0.39 is 29.3 Å². The van der Waals surface area contributed by atoms with E-state index in [1.54, 1.807) is 6.92 Å². The highest BCUT2D eigenvalue weighted by Gasteiger charge is 2.48. The summed E-state index contributed by atoms with van der Waals surface area (Å²) in [5.74, 6) is -0.966. The molecule has 0 spiro atoms. The molecule has 0 aromatic rings. The number of nitrogens with one attached hydrogen (secondary N) is 2. The third kappa shape index (κ3) is 5.91. The number of nitrogens with zero attached hydrogens (tertiary/aromatic N) is 2. The Balaban J connectivity index is 2.18. The van der Waals surface area contributed by atoms with Crippen LogP contribution in [0.5, 0.6) is 0 Å². The van der Waals surface area contributed by atoms with Crippen molar-refractivity contribution in [2.24, 2.45) is 17.3 Å². The molecule has 1 aliphatic carbocycles. The Bertz CT molecular complexity index is 618. The lowest BCUT2D eigenvalue weighted by Gasteiger charge is -2.34. The van der Waals surface area contributed by atoms with Gasteiger partial charge < -0.3 is 10.2 Å². The number of urea groups is 1. The first kappa shape index (κ1) is 23.1. The maximum Gasteiger partial charge on any atom is 0.321 e. The summed E-state index contributed by atoms with van der Waals surface area (Å²) in [6, 6.07) is -1.37. The van der Waals surface area contributed by atoms with E-state index in [1.165, 1.54) is 4.90 Å². The number of carbonyl (C=O) groups is 4. The Morgan fingerprint density at radius 3 is 2.52 bits per heavy atom. The van der Waals surface area contributed by atoms with E-state index >= 15 is 0 Å². The molecule has 9 nitrogen and oxygen atoms in total. The van der Waals surface area contributed by atoms with Crippen LogP contribution in [0.15, 0.2) is 0 Å². The van der Waals surface area contributed by atoms with E-state index in [0.29, 0.717) is 43.3 Å². The van der Waals surface area contributed by atoms with E-state index in [2.05, 4.69) is 10.6 Å². The number of hydroxylamine groups is 2. The van der Waals surface area contributed by atoms with Gasteiger partial charge in [-0.1, -0.05) is 39.5 Å². The Labute approximate surface area is 172 Å². The molecule has 1 saturated carbocycles. The number of hydrogen-bond acceptors (Lipinski definition) is 5. The van der Waals surface area contributed by atoms with Crippen LogP contribution in [0.4, 0.5) is 4.79 Å². The second kappa shape index (κ2) is 10.0. The van der Waals surface area contributed by atoms with Gasteiger partial charge in [0.25, 0.3) is 5.91 Å². The van der Waals surface area contributed by atoms with Gasteiger partial charge in [-0.05, 0) is 31.1 Å². The van der Waals surface area contributed by atoms with E-state index in [1.807, 2.05) is 13.8 Å². The zero-order valence-corrected chi connectivity index (χ0v) is 17.6. The largest absolute Gasteiger partial charge is 0.338 e. The second-order valence-electron chi connectivity index (χ2n) is 8.83. The molecule has 164 valence electrons. The molecule has 3 N–H and O–H groups in total. The fraction of sp³-hybridized carbons (Fsp3) is 0.800. The van der Waals surface area contributed by atoms with Gasteiger partial charge in [-0.25, -0.2) is 9.86 Å². The fourth-order valence-corrected chi connectivity index (χ4v) is 4.62. The minimum Gasteiger partial charge on any atom is -0.338 e. The van der Waals surface area contributed by atoms with Crippen LogP contribution in [0.25, 0.3) is 0 Å². The van der Waals surface area contributed by atoms with Gasteiger partial charge in [0.1, 0.15) is 6.04 Å². The Kier molecular flexibility index (Phi) is 8.01. The molecular formula is C20H34N4O5. The first-order valence-corrected chi connectivity index (χ1v) is 10.5. The summed E-state index contributed by atoms with van der Waals surface area (Å²) in [5.41, 5.74) is -0.492. The van der Waals surface area contributed by atoms with Gasteiger partial charge in [-0.15, -0.1) is 0 Å². The second-order valence-corrected chi connectivity index (χ2v) is 8.83. The Morgan fingerprint density at radius 2 is 1.93 bits per heavy atom. The van der Waals surface area contributed by atoms with Gasteiger partial charge in [-0.3, -0.25) is 24.9 Å². The van der Waals surface area contributed by atoms with Crippen LogP contribution in [0.1, 0.15) is 59.3 Å². The summed E-state index contributed by atoms with van der Waals surface area (Å²) in [4.78, 5) is 50.5.